The van der Waals surface area contributed by atoms with Gasteiger partial charge in [0.1, 0.15) is 0 Å². The Bertz CT molecular complexity index is 135. The van der Waals surface area contributed by atoms with Gasteiger partial charge in [-0.1, -0.05) is 0 Å². The van der Waals surface area contributed by atoms with E-state index in [1.54, 1.807) is 0 Å². The van der Waals surface area contributed by atoms with Gasteiger partial charge in [0, 0.05) is 0 Å². The van der Waals surface area contributed by atoms with E-state index in [0.717, 1.165) is 0 Å². The Hall–Kier alpha value is -0.486. The summed E-state index contributed by atoms with van der Waals surface area (Å²) in [7, 11) is -2.12. The Morgan fingerprint density at radius 2 is 1.44 bits per heavy atom. The molecule has 0 saturated carbocycles. The first kappa shape index (κ1) is 8.51. The Balaban J connectivity index is 3.53. The molecule has 0 aromatic carbocycles. The highest BCUT2D eigenvalue weighted by Crippen LogP contribution is 1.74. The predicted octanol–water partition coefficient (Wildman–Crippen LogP) is -0.372. The van der Waals surface area contributed by atoms with E-state index in [0.29, 0.717) is 0 Å². The summed E-state index contributed by atoms with van der Waals surface area (Å²) < 4.78 is 3.28. The van der Waals surface area contributed by atoms with Crippen LogP contribution in [0.25, 0.3) is 0 Å². The number of nitrogens with one attached hydrogen (secondary N) is 1. The van der Waals surface area contributed by atoms with Crippen LogP contribution in [0, 0.1) is 23.9 Å². The van der Waals surface area contributed by atoms with E-state index >= 15 is 0 Å². The van der Waals surface area contributed by atoms with Gasteiger partial charge in [0.05, 0.1) is 0 Å². The minimum atomic E-state index is -1.06. The molecular formula is C6H11NSi2. The average Bonchev–Trinajstić information content (AvgIpc) is 1.87. The Morgan fingerprint density at radius 3 is 1.67 bits per heavy atom. The second-order valence-electron chi connectivity index (χ2n) is 1.94. The standard InChI is InChI=1S/C6H11NSi2/c1-5-8(3)7-9(4)6-2/h1-2,7-9H,3-4H3. The molecule has 0 rings (SSSR count). The molecule has 0 saturated heterocycles. The lowest BCUT2D eigenvalue weighted by Crippen LogP contribution is -2.39. The molecule has 0 radical (unpaired) electrons. The van der Waals surface area contributed by atoms with Crippen molar-refractivity contribution in [3.8, 4) is 23.9 Å². The predicted molar refractivity (Wildman–Crippen MR) is 46.8 cm³/mol. The summed E-state index contributed by atoms with van der Waals surface area (Å²) in [4.78, 5) is 0. The largest absolute Gasteiger partial charge is 0.345 e. The van der Waals surface area contributed by atoms with Crippen molar-refractivity contribution in [1.29, 1.82) is 0 Å². The number of rotatable bonds is 2. The van der Waals surface area contributed by atoms with Crippen LogP contribution < -0.4 is 4.65 Å². The molecule has 9 heavy (non-hydrogen) atoms. The monoisotopic (exact) mass is 153 g/mol. The Kier molecular flexibility index (Phi) is 4.16. The highest BCUT2D eigenvalue weighted by molar-refractivity contribution is 6.79. The van der Waals surface area contributed by atoms with E-state index in [2.05, 4.69) is 28.8 Å². The highest BCUT2D eigenvalue weighted by Gasteiger charge is 2.02. The molecule has 1 nitrogen and oxygen atoms in total. The van der Waals surface area contributed by atoms with Crippen molar-refractivity contribution in [2.24, 2.45) is 0 Å². The molecule has 0 spiro atoms. The molecule has 2 unspecified atom stereocenters. The second kappa shape index (κ2) is 4.40. The van der Waals surface area contributed by atoms with Crippen LogP contribution in [-0.2, 0) is 0 Å². The summed E-state index contributed by atoms with van der Waals surface area (Å²) in [5.74, 6) is 0. The van der Waals surface area contributed by atoms with Gasteiger partial charge in [-0.15, -0.1) is 23.9 Å². The van der Waals surface area contributed by atoms with Crippen molar-refractivity contribution in [3.63, 3.8) is 0 Å². The molecule has 0 aromatic heterocycles. The molecule has 0 bridgehead atoms. The number of terminal acetylenes is 2. The van der Waals surface area contributed by atoms with Gasteiger partial charge in [0.15, 0.2) is 17.9 Å². The quantitative estimate of drug-likeness (QED) is 0.421. The maximum absolute atomic E-state index is 5.18. The summed E-state index contributed by atoms with van der Waals surface area (Å²) in [6, 6.07) is 0. The van der Waals surface area contributed by atoms with E-state index in [1.807, 2.05) is 0 Å². The lowest BCUT2D eigenvalue weighted by atomic mass is 11.4. The fraction of sp³-hybridized carbons (Fsp3) is 0.333. The van der Waals surface area contributed by atoms with Crippen LogP contribution >= 0.6 is 0 Å². The van der Waals surface area contributed by atoms with Crippen LogP contribution in [0.1, 0.15) is 0 Å². The number of hydrogen-bond donors (Lipinski definition) is 1. The third-order valence-corrected chi connectivity index (χ3v) is 6.00. The van der Waals surface area contributed by atoms with Gasteiger partial charge in [-0.2, -0.15) is 0 Å². The van der Waals surface area contributed by atoms with Gasteiger partial charge >= 0.3 is 0 Å². The van der Waals surface area contributed by atoms with Crippen LogP contribution in [0.5, 0.6) is 0 Å². The molecule has 1 N–H and O–H groups in total. The molecule has 0 aromatic rings. The van der Waals surface area contributed by atoms with Gasteiger partial charge in [0.25, 0.3) is 0 Å². The van der Waals surface area contributed by atoms with Crippen molar-refractivity contribution in [2.75, 3.05) is 0 Å². The van der Waals surface area contributed by atoms with Crippen LogP contribution in [0.15, 0.2) is 0 Å². The Labute approximate surface area is 60.2 Å². The van der Waals surface area contributed by atoms with Crippen molar-refractivity contribution >= 4 is 17.9 Å². The molecule has 0 aliphatic heterocycles. The number of hydrogen-bond acceptors (Lipinski definition) is 1. The normalized spacial score (nSPS) is 15.1. The summed E-state index contributed by atoms with van der Waals surface area (Å²) in [5, 5.41) is 0. The molecule has 0 heterocycles. The van der Waals surface area contributed by atoms with Crippen molar-refractivity contribution in [3.05, 3.63) is 0 Å². The van der Waals surface area contributed by atoms with E-state index < -0.39 is 17.9 Å². The zero-order valence-corrected chi connectivity index (χ0v) is 8.12. The van der Waals surface area contributed by atoms with Gasteiger partial charge in [0.2, 0.25) is 0 Å². The third-order valence-electron chi connectivity index (χ3n) is 1.00. The van der Waals surface area contributed by atoms with E-state index in [9.17, 15) is 0 Å². The van der Waals surface area contributed by atoms with Gasteiger partial charge in [-0.3, -0.25) is 0 Å². The molecular weight excluding hydrogens is 142 g/mol. The van der Waals surface area contributed by atoms with E-state index in [1.165, 1.54) is 0 Å². The van der Waals surface area contributed by atoms with Crippen molar-refractivity contribution in [1.82, 2.24) is 4.65 Å². The van der Waals surface area contributed by atoms with Gasteiger partial charge in [-0.25, -0.2) is 0 Å². The third kappa shape index (κ3) is 4.05. The maximum Gasteiger partial charge on any atom is 0.183 e. The summed E-state index contributed by atoms with van der Waals surface area (Å²) >= 11 is 0. The van der Waals surface area contributed by atoms with Crippen molar-refractivity contribution < 1.29 is 0 Å². The molecule has 0 amide bonds. The molecule has 0 aliphatic carbocycles. The molecule has 2 atom stereocenters. The van der Waals surface area contributed by atoms with E-state index in [4.69, 9.17) is 12.8 Å². The summed E-state index contributed by atoms with van der Waals surface area (Å²) in [6.07, 6.45) is 10.4. The van der Waals surface area contributed by atoms with Gasteiger partial charge in [-0.05, 0) is 13.1 Å². The summed E-state index contributed by atoms with van der Waals surface area (Å²) in [5.41, 5.74) is 5.39. The van der Waals surface area contributed by atoms with Crippen molar-refractivity contribution in [2.45, 2.75) is 13.1 Å². The zero-order valence-electron chi connectivity index (χ0n) is 5.81. The molecule has 48 valence electrons. The topological polar surface area (TPSA) is 12.0 Å². The van der Waals surface area contributed by atoms with Crippen LogP contribution in [-0.4, -0.2) is 17.9 Å². The summed E-state index contributed by atoms with van der Waals surface area (Å²) in [6.45, 7) is 4.14. The van der Waals surface area contributed by atoms with Gasteiger partial charge < -0.3 is 4.65 Å². The lowest BCUT2D eigenvalue weighted by Gasteiger charge is -2.05. The first-order valence-electron chi connectivity index (χ1n) is 2.89. The maximum atomic E-state index is 5.18. The molecule has 3 heteroatoms. The molecule has 0 aliphatic rings. The molecule has 0 fully saturated rings. The smallest absolute Gasteiger partial charge is 0.183 e. The Morgan fingerprint density at radius 1 is 1.11 bits per heavy atom. The average molecular weight is 153 g/mol. The first-order chi connectivity index (χ1) is 4.20. The highest BCUT2D eigenvalue weighted by atomic mass is 28.3. The minimum Gasteiger partial charge on any atom is -0.345 e. The minimum absolute atomic E-state index is 1.06. The van der Waals surface area contributed by atoms with Crippen LogP contribution in [0.2, 0.25) is 13.1 Å². The zero-order chi connectivity index (χ0) is 7.28. The van der Waals surface area contributed by atoms with Crippen LogP contribution in [0.4, 0.5) is 0 Å². The fourth-order valence-electron chi connectivity index (χ4n) is 0.471. The lowest BCUT2D eigenvalue weighted by molar-refractivity contribution is 1.50. The fourth-order valence-corrected chi connectivity index (χ4v) is 4.24. The van der Waals surface area contributed by atoms with Crippen LogP contribution in [0.3, 0.4) is 0 Å². The first-order valence-corrected chi connectivity index (χ1v) is 7.51. The SMILES string of the molecule is C#C[SiH](C)N[SiH](C)C#C. The van der Waals surface area contributed by atoms with E-state index in [-0.39, 0.29) is 0 Å². The second-order valence-corrected chi connectivity index (χ2v) is 6.83.